The topological polar surface area (TPSA) is 54.5 Å². The highest BCUT2D eigenvalue weighted by Gasteiger charge is 2.33. The third kappa shape index (κ3) is 2.94. The van der Waals surface area contributed by atoms with Gasteiger partial charge in [0.15, 0.2) is 9.84 Å². The largest absolute Gasteiger partial charge is 0.338 e. The van der Waals surface area contributed by atoms with Gasteiger partial charge < -0.3 is 4.90 Å². The Morgan fingerprint density at radius 1 is 1.42 bits per heavy atom. The van der Waals surface area contributed by atoms with Crippen LogP contribution in [0.4, 0.5) is 4.39 Å². The van der Waals surface area contributed by atoms with Crippen molar-refractivity contribution in [2.45, 2.75) is 19.4 Å². The van der Waals surface area contributed by atoms with Crippen molar-refractivity contribution in [1.29, 1.82) is 0 Å². The number of carbonyl (C=O) groups is 1. The molecule has 104 valence electrons. The standard InChI is InChI=1S/C13H16FNO3S/c1-9-7-10(3-4-12(9)14)13(16)15(2)11-5-6-19(17,18)8-11/h3-4,7,11H,5-6,8H2,1-2H3. The van der Waals surface area contributed by atoms with E-state index in [0.717, 1.165) is 0 Å². The molecule has 0 spiro atoms. The number of hydrogen-bond acceptors (Lipinski definition) is 3. The second-order valence-electron chi connectivity index (χ2n) is 4.94. The molecule has 2 rings (SSSR count). The van der Waals surface area contributed by atoms with Gasteiger partial charge in [-0.15, -0.1) is 0 Å². The van der Waals surface area contributed by atoms with E-state index in [4.69, 9.17) is 0 Å². The highest BCUT2D eigenvalue weighted by atomic mass is 32.2. The number of amides is 1. The van der Waals surface area contributed by atoms with E-state index in [9.17, 15) is 17.6 Å². The number of hydrogen-bond donors (Lipinski definition) is 0. The molecule has 19 heavy (non-hydrogen) atoms. The first-order chi connectivity index (χ1) is 8.80. The summed E-state index contributed by atoms with van der Waals surface area (Å²) in [5, 5.41) is 0. The van der Waals surface area contributed by atoms with Crippen molar-refractivity contribution in [3.8, 4) is 0 Å². The Bertz CT molecular complexity index is 612. The summed E-state index contributed by atoms with van der Waals surface area (Å²) in [6, 6.07) is 3.87. The van der Waals surface area contributed by atoms with Crippen LogP contribution in [0.5, 0.6) is 0 Å². The van der Waals surface area contributed by atoms with Gasteiger partial charge in [0.2, 0.25) is 0 Å². The van der Waals surface area contributed by atoms with Crippen LogP contribution >= 0.6 is 0 Å². The lowest BCUT2D eigenvalue weighted by molar-refractivity contribution is 0.0747. The van der Waals surface area contributed by atoms with Gasteiger partial charge in [-0.25, -0.2) is 12.8 Å². The van der Waals surface area contributed by atoms with Crippen molar-refractivity contribution in [3.05, 3.63) is 35.1 Å². The highest BCUT2D eigenvalue weighted by molar-refractivity contribution is 7.91. The molecule has 1 saturated heterocycles. The first kappa shape index (κ1) is 14.0. The Labute approximate surface area is 112 Å². The lowest BCUT2D eigenvalue weighted by atomic mass is 10.1. The third-order valence-corrected chi connectivity index (χ3v) is 5.23. The van der Waals surface area contributed by atoms with Crippen LogP contribution in [0, 0.1) is 12.7 Å². The van der Waals surface area contributed by atoms with Crippen LogP contribution in [0.2, 0.25) is 0 Å². The molecule has 0 bridgehead atoms. The number of halogens is 1. The SMILES string of the molecule is Cc1cc(C(=O)N(C)C2CCS(=O)(=O)C2)ccc1F. The highest BCUT2D eigenvalue weighted by Crippen LogP contribution is 2.19. The third-order valence-electron chi connectivity index (χ3n) is 3.48. The van der Waals surface area contributed by atoms with Gasteiger partial charge in [0, 0.05) is 18.7 Å². The van der Waals surface area contributed by atoms with Crippen LogP contribution in [-0.4, -0.2) is 43.8 Å². The first-order valence-electron chi connectivity index (χ1n) is 6.04. The lowest BCUT2D eigenvalue weighted by Gasteiger charge is -2.23. The van der Waals surface area contributed by atoms with Gasteiger partial charge in [0.05, 0.1) is 11.5 Å². The Morgan fingerprint density at radius 2 is 2.11 bits per heavy atom. The van der Waals surface area contributed by atoms with Gasteiger partial charge >= 0.3 is 0 Å². The molecule has 1 aromatic rings. The van der Waals surface area contributed by atoms with E-state index in [2.05, 4.69) is 0 Å². The van der Waals surface area contributed by atoms with Crippen molar-refractivity contribution in [2.75, 3.05) is 18.6 Å². The summed E-state index contributed by atoms with van der Waals surface area (Å²) in [4.78, 5) is 13.7. The van der Waals surface area contributed by atoms with E-state index in [0.29, 0.717) is 17.5 Å². The smallest absolute Gasteiger partial charge is 0.253 e. The number of sulfone groups is 1. The average molecular weight is 285 g/mol. The zero-order valence-corrected chi connectivity index (χ0v) is 11.7. The monoisotopic (exact) mass is 285 g/mol. The zero-order valence-electron chi connectivity index (χ0n) is 10.9. The summed E-state index contributed by atoms with van der Waals surface area (Å²) < 4.78 is 36.0. The van der Waals surface area contributed by atoms with E-state index in [-0.39, 0.29) is 29.3 Å². The Balaban J connectivity index is 2.17. The van der Waals surface area contributed by atoms with Crippen molar-refractivity contribution >= 4 is 15.7 Å². The molecule has 0 saturated carbocycles. The average Bonchev–Trinajstić information content (AvgIpc) is 2.71. The second kappa shape index (κ2) is 4.92. The number of aryl methyl sites for hydroxylation is 1. The fourth-order valence-corrected chi connectivity index (χ4v) is 4.00. The molecule has 1 aliphatic heterocycles. The Hall–Kier alpha value is -1.43. The fraction of sp³-hybridized carbons (Fsp3) is 0.462. The normalized spacial score (nSPS) is 21.3. The van der Waals surface area contributed by atoms with Gasteiger partial charge in [-0.2, -0.15) is 0 Å². The molecule has 1 aliphatic rings. The summed E-state index contributed by atoms with van der Waals surface area (Å²) in [6.07, 6.45) is 0.463. The summed E-state index contributed by atoms with van der Waals surface area (Å²) >= 11 is 0. The van der Waals surface area contributed by atoms with Gasteiger partial charge in [-0.3, -0.25) is 4.79 Å². The summed E-state index contributed by atoms with van der Waals surface area (Å²) in [5.41, 5.74) is 0.781. The molecular formula is C13H16FNO3S. The molecule has 0 radical (unpaired) electrons. The van der Waals surface area contributed by atoms with E-state index in [1.807, 2.05) is 0 Å². The van der Waals surface area contributed by atoms with Crippen molar-refractivity contribution in [2.24, 2.45) is 0 Å². The maximum Gasteiger partial charge on any atom is 0.253 e. The molecule has 0 aliphatic carbocycles. The summed E-state index contributed by atoms with van der Waals surface area (Å²) in [5.74, 6) is -0.500. The first-order valence-corrected chi connectivity index (χ1v) is 7.86. The zero-order chi connectivity index (χ0) is 14.2. The van der Waals surface area contributed by atoms with Crippen molar-refractivity contribution in [1.82, 2.24) is 4.90 Å². The number of nitrogens with zero attached hydrogens (tertiary/aromatic N) is 1. The van der Waals surface area contributed by atoms with Crippen molar-refractivity contribution in [3.63, 3.8) is 0 Å². The fourth-order valence-electron chi connectivity index (χ4n) is 2.23. The molecule has 0 aromatic heterocycles. The summed E-state index contributed by atoms with van der Waals surface area (Å²) in [6.45, 7) is 1.59. The molecule has 1 unspecified atom stereocenters. The van der Waals surface area contributed by atoms with E-state index in [1.54, 1.807) is 14.0 Å². The van der Waals surface area contributed by atoms with Crippen LogP contribution in [0.25, 0.3) is 0 Å². The summed E-state index contributed by atoms with van der Waals surface area (Å²) in [7, 11) is -1.44. The minimum atomic E-state index is -3.02. The minimum absolute atomic E-state index is 0.00934. The molecular weight excluding hydrogens is 269 g/mol. The van der Waals surface area contributed by atoms with Gasteiger partial charge in [0.1, 0.15) is 5.82 Å². The molecule has 1 aromatic carbocycles. The molecule has 1 heterocycles. The number of carbonyl (C=O) groups excluding carboxylic acids is 1. The molecule has 1 atom stereocenters. The Morgan fingerprint density at radius 3 is 2.63 bits per heavy atom. The van der Waals surface area contributed by atoms with Crippen LogP contribution in [-0.2, 0) is 9.84 Å². The maximum atomic E-state index is 13.2. The molecule has 4 nitrogen and oxygen atoms in total. The van der Waals surface area contributed by atoms with Crippen LogP contribution in [0.1, 0.15) is 22.3 Å². The van der Waals surface area contributed by atoms with Gasteiger partial charge in [-0.05, 0) is 37.1 Å². The van der Waals surface area contributed by atoms with E-state index in [1.165, 1.54) is 23.1 Å². The van der Waals surface area contributed by atoms with Crippen LogP contribution < -0.4 is 0 Å². The second-order valence-corrected chi connectivity index (χ2v) is 7.17. The molecule has 1 fully saturated rings. The van der Waals surface area contributed by atoms with E-state index < -0.39 is 9.84 Å². The quantitative estimate of drug-likeness (QED) is 0.825. The van der Waals surface area contributed by atoms with Gasteiger partial charge in [0.25, 0.3) is 5.91 Å². The lowest BCUT2D eigenvalue weighted by Crippen LogP contribution is -2.37. The number of benzene rings is 1. The Kier molecular flexibility index (Phi) is 3.62. The maximum absolute atomic E-state index is 13.2. The molecule has 6 heteroatoms. The molecule has 0 N–H and O–H groups in total. The van der Waals surface area contributed by atoms with Crippen molar-refractivity contribution < 1.29 is 17.6 Å². The van der Waals surface area contributed by atoms with Gasteiger partial charge in [-0.1, -0.05) is 0 Å². The predicted molar refractivity (Wildman–Crippen MR) is 70.3 cm³/mol. The van der Waals surface area contributed by atoms with Crippen LogP contribution in [0.15, 0.2) is 18.2 Å². The van der Waals surface area contributed by atoms with Crippen LogP contribution in [0.3, 0.4) is 0 Å². The minimum Gasteiger partial charge on any atom is -0.338 e. The van der Waals surface area contributed by atoms with E-state index >= 15 is 0 Å². The predicted octanol–water partition coefficient (Wildman–Crippen LogP) is 1.39. The molecule has 1 amide bonds. The number of rotatable bonds is 2.